The highest BCUT2D eigenvalue weighted by Crippen LogP contribution is 2.32. The molecular weight excluding hydrogens is 342 g/mol. The molecule has 0 fully saturated rings. The Hall–Kier alpha value is -2.83. The van der Waals surface area contributed by atoms with Gasteiger partial charge in [0.1, 0.15) is 12.4 Å². The lowest BCUT2D eigenvalue weighted by Gasteiger charge is -2.24. The second-order valence-corrected chi connectivity index (χ2v) is 6.81. The lowest BCUT2D eigenvalue weighted by molar-refractivity contribution is 0.00278. The fraction of sp³-hybridized carbons (Fsp3) is 0.286. The van der Waals surface area contributed by atoms with E-state index in [0.29, 0.717) is 13.4 Å². The van der Waals surface area contributed by atoms with Crippen molar-refractivity contribution in [3.8, 4) is 22.8 Å². The van der Waals surface area contributed by atoms with E-state index in [-0.39, 0.29) is 6.10 Å². The first-order valence-corrected chi connectivity index (χ1v) is 9.17. The maximum atomic E-state index is 5.98. The average Bonchev–Trinajstić information content (AvgIpc) is 3.34. The molecule has 0 bridgehead atoms. The van der Waals surface area contributed by atoms with E-state index in [0.717, 1.165) is 48.2 Å². The Balaban J connectivity index is 1.18. The number of rotatable bonds is 5. The Morgan fingerprint density at radius 1 is 1.07 bits per heavy atom. The first-order chi connectivity index (χ1) is 13.3. The summed E-state index contributed by atoms with van der Waals surface area (Å²) in [6.07, 6.45) is 2.25. The molecule has 27 heavy (non-hydrogen) atoms. The van der Waals surface area contributed by atoms with Crippen molar-refractivity contribution in [3.63, 3.8) is 0 Å². The molecule has 3 heterocycles. The van der Waals surface area contributed by atoms with Gasteiger partial charge in [0.15, 0.2) is 11.5 Å². The van der Waals surface area contributed by atoms with E-state index in [2.05, 4.69) is 34.3 Å². The number of fused-ring (bicyclic) bond motifs is 2. The van der Waals surface area contributed by atoms with Gasteiger partial charge in [-0.1, -0.05) is 36.4 Å². The maximum absolute atomic E-state index is 5.98. The number of hydrogen-bond acceptors (Lipinski definition) is 5. The number of nitrogens with zero attached hydrogens (tertiary/aromatic N) is 2. The van der Waals surface area contributed by atoms with Crippen LogP contribution >= 0.6 is 0 Å². The maximum Gasteiger partial charge on any atom is 0.231 e. The van der Waals surface area contributed by atoms with Gasteiger partial charge >= 0.3 is 0 Å². The highest BCUT2D eigenvalue weighted by molar-refractivity contribution is 5.58. The van der Waals surface area contributed by atoms with Gasteiger partial charge in [0, 0.05) is 24.8 Å². The highest BCUT2D eigenvalue weighted by Gasteiger charge is 2.21. The Morgan fingerprint density at radius 2 is 1.96 bits per heavy atom. The molecule has 6 nitrogen and oxygen atoms in total. The van der Waals surface area contributed by atoms with Gasteiger partial charge in [0.25, 0.3) is 0 Å². The summed E-state index contributed by atoms with van der Waals surface area (Å²) >= 11 is 0. The summed E-state index contributed by atoms with van der Waals surface area (Å²) < 4.78 is 19.0. The number of hydrogen-bond donors (Lipinski definition) is 1. The second-order valence-electron chi connectivity index (χ2n) is 6.81. The van der Waals surface area contributed by atoms with Gasteiger partial charge in [0.2, 0.25) is 6.79 Å². The summed E-state index contributed by atoms with van der Waals surface area (Å²) in [7, 11) is 0. The van der Waals surface area contributed by atoms with Crippen molar-refractivity contribution in [1.82, 2.24) is 14.9 Å². The first kappa shape index (κ1) is 16.4. The number of ether oxygens (including phenoxy) is 3. The molecule has 2 aromatic carbocycles. The summed E-state index contributed by atoms with van der Waals surface area (Å²) in [6.45, 7) is 3.21. The molecule has 1 aromatic heterocycles. The zero-order valence-electron chi connectivity index (χ0n) is 14.9. The van der Waals surface area contributed by atoms with Crippen LogP contribution < -0.4 is 14.8 Å². The molecule has 1 atom stereocenters. The van der Waals surface area contributed by atoms with Crippen LogP contribution in [-0.4, -0.2) is 29.0 Å². The minimum absolute atomic E-state index is 0.129. The highest BCUT2D eigenvalue weighted by atomic mass is 16.7. The number of nitrogens with one attached hydrogen (secondary N) is 1. The Morgan fingerprint density at radius 3 is 2.89 bits per heavy atom. The molecular formula is C21H21N3O3. The minimum Gasteiger partial charge on any atom is -0.454 e. The second kappa shape index (κ2) is 7.06. The van der Waals surface area contributed by atoms with Crippen molar-refractivity contribution in [1.29, 1.82) is 0 Å². The number of aromatic nitrogens is 2. The minimum atomic E-state index is 0.129. The van der Waals surface area contributed by atoms with Crippen LogP contribution in [0, 0.1) is 0 Å². The predicted octanol–water partition coefficient (Wildman–Crippen LogP) is 2.97. The third kappa shape index (κ3) is 3.41. The fourth-order valence-corrected chi connectivity index (χ4v) is 3.49. The Kier molecular flexibility index (Phi) is 4.27. The fourth-order valence-electron chi connectivity index (χ4n) is 3.49. The van der Waals surface area contributed by atoms with Gasteiger partial charge in [-0.25, -0.2) is 4.98 Å². The van der Waals surface area contributed by atoms with Crippen LogP contribution in [0.3, 0.4) is 0 Å². The molecule has 6 heteroatoms. The van der Waals surface area contributed by atoms with E-state index in [1.54, 1.807) is 0 Å². The van der Waals surface area contributed by atoms with Crippen molar-refractivity contribution >= 4 is 0 Å². The number of imidazole rings is 1. The van der Waals surface area contributed by atoms with Gasteiger partial charge in [-0.2, -0.15) is 0 Å². The summed E-state index contributed by atoms with van der Waals surface area (Å²) in [5.74, 6) is 2.62. The van der Waals surface area contributed by atoms with Crippen molar-refractivity contribution < 1.29 is 14.2 Å². The van der Waals surface area contributed by atoms with Gasteiger partial charge in [-0.05, 0) is 17.7 Å². The van der Waals surface area contributed by atoms with Crippen LogP contribution in [0.25, 0.3) is 11.3 Å². The van der Waals surface area contributed by atoms with Gasteiger partial charge < -0.3 is 24.1 Å². The van der Waals surface area contributed by atoms with E-state index in [1.807, 2.05) is 30.3 Å². The van der Waals surface area contributed by atoms with Crippen LogP contribution in [0.5, 0.6) is 11.5 Å². The normalized spacial score (nSPS) is 17.7. The molecule has 0 spiro atoms. The zero-order chi connectivity index (χ0) is 18.1. The topological polar surface area (TPSA) is 57.5 Å². The number of benzene rings is 2. The molecule has 0 saturated heterocycles. The predicted molar refractivity (Wildman–Crippen MR) is 101 cm³/mol. The van der Waals surface area contributed by atoms with E-state index < -0.39 is 0 Å². The lowest BCUT2D eigenvalue weighted by Crippen LogP contribution is -2.35. The largest absolute Gasteiger partial charge is 0.454 e. The van der Waals surface area contributed by atoms with Gasteiger partial charge in [0.05, 0.1) is 18.3 Å². The third-order valence-electron chi connectivity index (χ3n) is 4.92. The van der Waals surface area contributed by atoms with Gasteiger partial charge in [-0.3, -0.25) is 0 Å². The van der Waals surface area contributed by atoms with Crippen molar-refractivity contribution in [2.45, 2.75) is 25.8 Å². The monoisotopic (exact) mass is 363 g/mol. The van der Waals surface area contributed by atoms with Crippen molar-refractivity contribution in [2.75, 3.05) is 13.3 Å². The molecule has 5 rings (SSSR count). The van der Waals surface area contributed by atoms with Crippen LogP contribution in [-0.2, 0) is 24.4 Å². The summed E-state index contributed by atoms with van der Waals surface area (Å²) in [5, 5.41) is 3.48. The molecule has 0 saturated carbocycles. The van der Waals surface area contributed by atoms with Crippen molar-refractivity contribution in [3.05, 3.63) is 66.1 Å². The van der Waals surface area contributed by atoms with E-state index in [1.165, 1.54) is 5.56 Å². The quantitative estimate of drug-likeness (QED) is 0.755. The van der Waals surface area contributed by atoms with E-state index in [4.69, 9.17) is 19.2 Å². The molecule has 0 aliphatic carbocycles. The summed E-state index contributed by atoms with van der Waals surface area (Å²) in [5.41, 5.74) is 3.31. The molecule has 1 N–H and O–H groups in total. The molecule has 3 aromatic rings. The Labute approximate surface area is 157 Å². The van der Waals surface area contributed by atoms with E-state index in [9.17, 15) is 0 Å². The third-order valence-corrected chi connectivity index (χ3v) is 4.92. The molecule has 0 radical (unpaired) electrons. The zero-order valence-corrected chi connectivity index (χ0v) is 14.9. The molecule has 0 amide bonds. The van der Waals surface area contributed by atoms with Crippen LogP contribution in [0.1, 0.15) is 11.4 Å². The van der Waals surface area contributed by atoms with Crippen LogP contribution in [0.15, 0.2) is 54.7 Å². The smallest absolute Gasteiger partial charge is 0.231 e. The van der Waals surface area contributed by atoms with E-state index >= 15 is 0 Å². The molecule has 0 unspecified atom stereocenters. The summed E-state index contributed by atoms with van der Waals surface area (Å²) in [6, 6.07) is 16.3. The SMILES string of the molecule is c1ccc(-c2cn3c(n2)CO[C@@H](CNCc2ccc4c(c2)OCO4)C3)cc1. The molecule has 138 valence electrons. The summed E-state index contributed by atoms with van der Waals surface area (Å²) in [4.78, 5) is 4.71. The molecule has 2 aliphatic heterocycles. The lowest BCUT2D eigenvalue weighted by atomic mass is 10.2. The average molecular weight is 363 g/mol. The van der Waals surface area contributed by atoms with Crippen molar-refractivity contribution in [2.24, 2.45) is 0 Å². The Bertz CT molecular complexity index is 939. The van der Waals surface area contributed by atoms with Crippen LogP contribution in [0.4, 0.5) is 0 Å². The van der Waals surface area contributed by atoms with Gasteiger partial charge in [-0.15, -0.1) is 0 Å². The molecule has 2 aliphatic rings. The first-order valence-electron chi connectivity index (χ1n) is 9.17. The standard InChI is InChI=1S/C21H21N3O3/c1-2-4-16(5-3-1)18-12-24-11-17(25-13-21(24)23-18)10-22-9-15-6-7-19-20(8-15)27-14-26-19/h1-8,12,17,22H,9-11,13-14H2/t17-/m0/s1. The van der Waals surface area contributed by atoms with Crippen LogP contribution in [0.2, 0.25) is 0 Å².